The highest BCUT2D eigenvalue weighted by Crippen LogP contribution is 2.41. The van der Waals surface area contributed by atoms with E-state index in [4.69, 9.17) is 24.9 Å². The van der Waals surface area contributed by atoms with Gasteiger partial charge in [-0.3, -0.25) is 9.69 Å². The van der Waals surface area contributed by atoms with Crippen molar-refractivity contribution in [1.29, 1.82) is 0 Å². The number of ether oxygens (including phenoxy) is 3. The fourth-order valence-electron chi connectivity index (χ4n) is 5.17. The normalized spacial score (nSPS) is 21.9. The summed E-state index contributed by atoms with van der Waals surface area (Å²) in [6.07, 6.45) is 1.82. The topological polar surface area (TPSA) is 119 Å². The number of aliphatic imine (C=N–C) groups is 1. The molecular weight excluding hydrogens is 496 g/mol. The maximum atomic E-state index is 13.2. The highest BCUT2D eigenvalue weighted by atomic mass is 16.5. The SMILES string of the molecule is C=C(NC1c2ccc(OC)cc2OCC1(C)O)c1ccc(OCC)c(CN2C(=O)CC(CC)(CC)N=C2N)c1. The lowest BCUT2D eigenvalue weighted by Gasteiger charge is -2.39. The summed E-state index contributed by atoms with van der Waals surface area (Å²) in [5, 5.41) is 14.6. The molecule has 2 heterocycles. The summed E-state index contributed by atoms with van der Waals surface area (Å²) < 4.78 is 17.0. The Hall–Kier alpha value is -3.72. The maximum Gasteiger partial charge on any atom is 0.232 e. The summed E-state index contributed by atoms with van der Waals surface area (Å²) in [6, 6.07) is 10.8. The largest absolute Gasteiger partial charge is 0.497 e. The number of benzene rings is 2. The molecule has 2 aliphatic heterocycles. The van der Waals surface area contributed by atoms with E-state index < -0.39 is 17.2 Å². The molecule has 0 bridgehead atoms. The average molecular weight is 537 g/mol. The van der Waals surface area contributed by atoms with Crippen LogP contribution in [0.25, 0.3) is 5.70 Å². The van der Waals surface area contributed by atoms with Crippen LogP contribution in [0.1, 0.15) is 69.7 Å². The molecular formula is C30H40N4O5. The van der Waals surface area contributed by atoms with Crippen LogP contribution in [0.15, 0.2) is 48.0 Å². The first-order chi connectivity index (χ1) is 18.6. The molecule has 9 nitrogen and oxygen atoms in total. The first kappa shape index (κ1) is 28.3. The van der Waals surface area contributed by atoms with Crippen LogP contribution < -0.4 is 25.3 Å². The molecule has 0 saturated heterocycles. The van der Waals surface area contributed by atoms with E-state index in [1.54, 1.807) is 14.0 Å². The van der Waals surface area contributed by atoms with E-state index in [1.165, 1.54) is 4.90 Å². The van der Waals surface area contributed by atoms with Crippen molar-refractivity contribution in [2.75, 3.05) is 20.3 Å². The van der Waals surface area contributed by atoms with Crippen LogP contribution in [-0.4, -0.2) is 53.3 Å². The van der Waals surface area contributed by atoms with E-state index in [0.29, 0.717) is 36.0 Å². The number of hydrogen-bond donors (Lipinski definition) is 3. The third-order valence-electron chi connectivity index (χ3n) is 7.76. The number of amides is 1. The molecule has 2 aromatic carbocycles. The van der Waals surface area contributed by atoms with E-state index in [2.05, 4.69) is 11.9 Å². The minimum atomic E-state index is -1.19. The number of guanidine groups is 1. The van der Waals surface area contributed by atoms with Crippen molar-refractivity contribution >= 4 is 17.6 Å². The summed E-state index contributed by atoms with van der Waals surface area (Å²) in [6.45, 7) is 12.8. The maximum absolute atomic E-state index is 13.2. The lowest BCUT2D eigenvalue weighted by molar-refractivity contribution is -0.130. The van der Waals surface area contributed by atoms with Crippen LogP contribution in [0, 0.1) is 0 Å². The van der Waals surface area contributed by atoms with Crippen molar-refractivity contribution in [3.05, 3.63) is 59.7 Å². The Morgan fingerprint density at radius 3 is 2.64 bits per heavy atom. The zero-order valence-corrected chi connectivity index (χ0v) is 23.5. The van der Waals surface area contributed by atoms with Crippen molar-refractivity contribution in [1.82, 2.24) is 10.2 Å². The average Bonchev–Trinajstić information content (AvgIpc) is 2.92. The molecule has 39 heavy (non-hydrogen) atoms. The highest BCUT2D eigenvalue weighted by molar-refractivity contribution is 5.99. The number of nitrogens with two attached hydrogens (primary N) is 1. The van der Waals surface area contributed by atoms with Gasteiger partial charge in [-0.1, -0.05) is 20.4 Å². The summed E-state index contributed by atoms with van der Waals surface area (Å²) in [7, 11) is 1.60. The predicted molar refractivity (Wildman–Crippen MR) is 152 cm³/mol. The number of fused-ring (bicyclic) bond motifs is 1. The van der Waals surface area contributed by atoms with Crippen molar-refractivity contribution in [2.24, 2.45) is 10.7 Å². The zero-order valence-electron chi connectivity index (χ0n) is 23.5. The molecule has 2 aromatic rings. The Labute approximate surface area is 230 Å². The van der Waals surface area contributed by atoms with Crippen molar-refractivity contribution < 1.29 is 24.1 Å². The van der Waals surface area contributed by atoms with Crippen LogP contribution in [0.5, 0.6) is 17.2 Å². The number of nitrogens with zero attached hydrogens (tertiary/aromatic N) is 2. The van der Waals surface area contributed by atoms with Crippen LogP contribution in [0.2, 0.25) is 0 Å². The van der Waals surface area contributed by atoms with Gasteiger partial charge in [-0.05, 0) is 62.6 Å². The van der Waals surface area contributed by atoms with Crippen molar-refractivity contribution in [2.45, 2.75) is 70.7 Å². The molecule has 0 spiro atoms. The van der Waals surface area contributed by atoms with E-state index >= 15 is 0 Å². The van der Waals surface area contributed by atoms with E-state index in [1.807, 2.05) is 57.2 Å². The standard InChI is InChI=1S/C30H40N4O5/c1-7-30(8-2)16-26(35)34(28(31)33-30)17-21-14-20(10-13-24(21)38-9-3)19(4)32-27-23-12-11-22(37-6)15-25(23)39-18-29(27,5)36/h10-15,27,32,36H,4,7-9,16-18H2,1-3,5-6H3,(H2,31,33). The number of nitrogens with one attached hydrogen (secondary N) is 1. The van der Waals surface area contributed by atoms with Gasteiger partial charge >= 0.3 is 0 Å². The summed E-state index contributed by atoms with van der Waals surface area (Å²) in [5.74, 6) is 2.15. The second-order valence-electron chi connectivity index (χ2n) is 10.4. The minimum absolute atomic E-state index is 0.0544. The number of methoxy groups -OCH3 is 1. The molecule has 210 valence electrons. The molecule has 0 aliphatic carbocycles. The first-order valence-corrected chi connectivity index (χ1v) is 13.5. The number of carbonyl (C=O) groups is 1. The molecule has 2 aliphatic rings. The van der Waals surface area contributed by atoms with Gasteiger partial charge in [0.2, 0.25) is 5.91 Å². The van der Waals surface area contributed by atoms with E-state index in [9.17, 15) is 9.90 Å². The Balaban J connectivity index is 1.62. The molecule has 9 heteroatoms. The number of rotatable bonds is 10. The van der Waals surface area contributed by atoms with Gasteiger partial charge in [0.25, 0.3) is 0 Å². The fraction of sp³-hybridized carbons (Fsp3) is 0.467. The lowest BCUT2D eigenvalue weighted by Crippen LogP contribution is -2.50. The Kier molecular flexibility index (Phi) is 8.11. The van der Waals surface area contributed by atoms with Crippen LogP contribution in [0.4, 0.5) is 0 Å². The van der Waals surface area contributed by atoms with Crippen LogP contribution in [-0.2, 0) is 11.3 Å². The number of hydrogen-bond acceptors (Lipinski definition) is 8. The third-order valence-corrected chi connectivity index (χ3v) is 7.76. The Morgan fingerprint density at radius 2 is 2.00 bits per heavy atom. The van der Waals surface area contributed by atoms with Gasteiger partial charge in [0.1, 0.15) is 29.5 Å². The predicted octanol–water partition coefficient (Wildman–Crippen LogP) is 4.14. The van der Waals surface area contributed by atoms with Crippen molar-refractivity contribution in [3.8, 4) is 17.2 Å². The van der Waals surface area contributed by atoms with Gasteiger partial charge in [0.15, 0.2) is 5.96 Å². The molecule has 2 unspecified atom stereocenters. The van der Waals surface area contributed by atoms with E-state index in [-0.39, 0.29) is 25.0 Å². The summed E-state index contributed by atoms with van der Waals surface area (Å²) >= 11 is 0. The van der Waals surface area contributed by atoms with Gasteiger partial charge in [-0.15, -0.1) is 0 Å². The molecule has 4 rings (SSSR count). The van der Waals surface area contributed by atoms with Crippen LogP contribution in [0.3, 0.4) is 0 Å². The van der Waals surface area contributed by atoms with Gasteiger partial charge in [-0.25, -0.2) is 4.99 Å². The zero-order chi connectivity index (χ0) is 28.4. The second-order valence-corrected chi connectivity index (χ2v) is 10.4. The number of aliphatic hydroxyl groups is 1. The Morgan fingerprint density at radius 1 is 1.26 bits per heavy atom. The van der Waals surface area contributed by atoms with E-state index in [0.717, 1.165) is 29.5 Å². The van der Waals surface area contributed by atoms with Gasteiger partial charge in [-0.2, -0.15) is 0 Å². The monoisotopic (exact) mass is 536 g/mol. The lowest BCUT2D eigenvalue weighted by atomic mass is 9.87. The molecule has 1 amide bonds. The minimum Gasteiger partial charge on any atom is -0.497 e. The first-order valence-electron chi connectivity index (χ1n) is 13.5. The molecule has 0 fully saturated rings. The van der Waals surface area contributed by atoms with Gasteiger partial charge in [0.05, 0.1) is 38.3 Å². The molecule has 4 N–H and O–H groups in total. The smallest absolute Gasteiger partial charge is 0.232 e. The molecule has 0 aromatic heterocycles. The molecule has 0 saturated carbocycles. The Bertz CT molecular complexity index is 1270. The second kappa shape index (κ2) is 11.2. The third kappa shape index (κ3) is 5.68. The van der Waals surface area contributed by atoms with Gasteiger partial charge in [0, 0.05) is 22.9 Å². The quantitative estimate of drug-likeness (QED) is 0.418. The number of carbonyl (C=O) groups excluding carboxylic acids is 1. The fourth-order valence-corrected chi connectivity index (χ4v) is 5.17. The van der Waals surface area contributed by atoms with Gasteiger partial charge < -0.3 is 30.4 Å². The summed E-state index contributed by atoms with van der Waals surface area (Å²) in [4.78, 5) is 19.4. The summed E-state index contributed by atoms with van der Waals surface area (Å²) in [5.41, 5.74) is 7.68. The highest BCUT2D eigenvalue weighted by Gasteiger charge is 2.40. The molecule has 0 radical (unpaired) electrons. The van der Waals surface area contributed by atoms with Crippen molar-refractivity contribution in [3.63, 3.8) is 0 Å². The molecule has 2 atom stereocenters. The van der Waals surface area contributed by atoms with Crippen LogP contribution >= 0.6 is 0 Å².